The van der Waals surface area contributed by atoms with Gasteiger partial charge in [0.25, 0.3) is 0 Å². The summed E-state index contributed by atoms with van der Waals surface area (Å²) in [5, 5.41) is 5.33. The van der Waals surface area contributed by atoms with Crippen molar-refractivity contribution in [2.45, 2.75) is 5.41 Å². The van der Waals surface area contributed by atoms with Crippen molar-refractivity contribution in [1.82, 2.24) is 15.0 Å². The first-order valence-corrected chi connectivity index (χ1v) is 20.4. The molecule has 0 saturated heterocycles. The van der Waals surface area contributed by atoms with Gasteiger partial charge in [0.2, 0.25) is 0 Å². The number of fused-ring (bicyclic) bond motifs is 16. The molecule has 60 heavy (non-hydrogen) atoms. The van der Waals surface area contributed by atoms with Crippen molar-refractivity contribution in [3.05, 3.63) is 222 Å². The lowest BCUT2D eigenvalue weighted by Crippen LogP contribution is -2.32. The summed E-state index contributed by atoms with van der Waals surface area (Å²) in [6, 6.07) is 71.1. The Morgan fingerprint density at radius 2 is 0.917 bits per heavy atom. The second kappa shape index (κ2) is 12.5. The van der Waals surface area contributed by atoms with E-state index in [4.69, 9.17) is 19.7 Å². The van der Waals surface area contributed by atoms with E-state index in [1.807, 2.05) is 18.2 Å². The van der Waals surface area contributed by atoms with Gasteiger partial charge in [-0.1, -0.05) is 176 Å². The molecule has 8 aromatic carbocycles. The summed E-state index contributed by atoms with van der Waals surface area (Å²) in [5.41, 5.74) is 15.3. The largest absolute Gasteiger partial charge is 0.456 e. The molecule has 11 aromatic rings. The summed E-state index contributed by atoms with van der Waals surface area (Å²) in [6.45, 7) is 0. The molecule has 0 N–H and O–H groups in total. The fraction of sp³-hybridized carbons (Fsp3) is 0.0179. The van der Waals surface area contributed by atoms with E-state index in [1.54, 1.807) is 0 Å². The topological polar surface area (TPSA) is 47.9 Å². The highest BCUT2D eigenvalue weighted by Crippen LogP contribution is 2.63. The van der Waals surface area contributed by atoms with Crippen molar-refractivity contribution < 1.29 is 4.74 Å². The summed E-state index contributed by atoms with van der Waals surface area (Å²) in [4.78, 5) is 15.8. The maximum atomic E-state index is 7.17. The van der Waals surface area contributed by atoms with Gasteiger partial charge in [-0.3, -0.25) is 0 Å². The molecule has 0 unspecified atom stereocenters. The van der Waals surface area contributed by atoms with E-state index < -0.39 is 5.41 Å². The Bertz CT molecular complexity index is 3530. The van der Waals surface area contributed by atoms with Crippen molar-refractivity contribution in [1.29, 1.82) is 0 Å². The Morgan fingerprint density at radius 1 is 0.367 bits per heavy atom. The number of ether oxygens (including phenoxy) is 1. The van der Waals surface area contributed by atoms with Crippen molar-refractivity contribution in [2.75, 3.05) is 0 Å². The highest BCUT2D eigenvalue weighted by Gasteiger charge is 2.51. The normalized spacial score (nSPS) is 13.3. The molecular formula is C56H33N3O. The lowest BCUT2D eigenvalue weighted by molar-refractivity contribution is 0.442. The second-order valence-corrected chi connectivity index (χ2v) is 15.8. The Hall–Kier alpha value is -7.95. The van der Waals surface area contributed by atoms with Gasteiger partial charge in [0, 0.05) is 44.0 Å². The van der Waals surface area contributed by atoms with Gasteiger partial charge < -0.3 is 4.74 Å². The number of pyridine rings is 3. The summed E-state index contributed by atoms with van der Waals surface area (Å²) in [6.07, 6.45) is 0. The van der Waals surface area contributed by atoms with E-state index >= 15 is 0 Å². The van der Waals surface area contributed by atoms with Crippen LogP contribution < -0.4 is 4.74 Å². The third kappa shape index (κ3) is 4.59. The van der Waals surface area contributed by atoms with E-state index in [1.165, 1.54) is 22.3 Å². The highest BCUT2D eigenvalue weighted by atomic mass is 16.5. The number of benzene rings is 8. The summed E-state index contributed by atoms with van der Waals surface area (Å²) in [7, 11) is 0. The van der Waals surface area contributed by atoms with Crippen LogP contribution >= 0.6 is 0 Å². The maximum Gasteiger partial charge on any atom is 0.142 e. The number of rotatable bonds is 3. The fourth-order valence-electron chi connectivity index (χ4n) is 10.1. The van der Waals surface area contributed by atoms with Crippen LogP contribution in [0.1, 0.15) is 22.3 Å². The third-order valence-electron chi connectivity index (χ3n) is 12.7. The monoisotopic (exact) mass is 763 g/mol. The number of aromatic nitrogens is 3. The van der Waals surface area contributed by atoms with Gasteiger partial charge in [-0.25, -0.2) is 15.0 Å². The second-order valence-electron chi connectivity index (χ2n) is 15.8. The van der Waals surface area contributed by atoms with E-state index in [0.29, 0.717) is 0 Å². The van der Waals surface area contributed by atoms with Crippen LogP contribution in [0.4, 0.5) is 0 Å². The summed E-state index contributed by atoms with van der Waals surface area (Å²) >= 11 is 0. The zero-order valence-electron chi connectivity index (χ0n) is 32.3. The van der Waals surface area contributed by atoms with Crippen LogP contribution in [0.5, 0.6) is 11.5 Å². The summed E-state index contributed by atoms with van der Waals surface area (Å²) < 4.78 is 7.17. The van der Waals surface area contributed by atoms with Gasteiger partial charge in [0.15, 0.2) is 0 Å². The predicted molar refractivity (Wildman–Crippen MR) is 244 cm³/mol. The minimum Gasteiger partial charge on any atom is -0.456 e. The van der Waals surface area contributed by atoms with Crippen molar-refractivity contribution >= 4 is 43.5 Å². The first-order chi connectivity index (χ1) is 29.7. The van der Waals surface area contributed by atoms with Gasteiger partial charge >= 0.3 is 0 Å². The molecule has 1 aliphatic carbocycles. The Kier molecular flexibility index (Phi) is 6.90. The molecule has 0 amide bonds. The molecule has 4 nitrogen and oxygen atoms in total. The lowest BCUT2D eigenvalue weighted by atomic mass is 9.65. The number of hydrogen-bond acceptors (Lipinski definition) is 4. The maximum absolute atomic E-state index is 7.17. The molecule has 0 fully saturated rings. The first-order valence-electron chi connectivity index (χ1n) is 20.4. The van der Waals surface area contributed by atoms with Crippen LogP contribution in [0.15, 0.2) is 200 Å². The summed E-state index contributed by atoms with van der Waals surface area (Å²) in [5.74, 6) is 1.71. The zero-order chi connectivity index (χ0) is 39.4. The van der Waals surface area contributed by atoms with E-state index in [-0.39, 0.29) is 0 Å². The predicted octanol–water partition coefficient (Wildman–Crippen LogP) is 14.0. The van der Waals surface area contributed by atoms with Gasteiger partial charge in [-0.15, -0.1) is 0 Å². The first kappa shape index (κ1) is 33.1. The zero-order valence-corrected chi connectivity index (χ0v) is 32.3. The number of nitrogens with zero attached hydrogens (tertiary/aromatic N) is 3. The third-order valence-corrected chi connectivity index (χ3v) is 12.7. The van der Waals surface area contributed by atoms with Crippen molar-refractivity contribution in [3.8, 4) is 56.4 Å². The van der Waals surface area contributed by atoms with Crippen LogP contribution in [0.2, 0.25) is 0 Å². The molecular weight excluding hydrogens is 731 g/mol. The van der Waals surface area contributed by atoms with Crippen molar-refractivity contribution in [3.63, 3.8) is 0 Å². The smallest absolute Gasteiger partial charge is 0.142 e. The Labute approximate surface area is 346 Å². The lowest BCUT2D eigenvalue weighted by Gasteiger charge is -2.40. The molecule has 0 bridgehead atoms. The quantitative estimate of drug-likeness (QED) is 0.168. The molecule has 0 saturated carbocycles. The minimum atomic E-state index is -0.568. The van der Waals surface area contributed by atoms with Gasteiger partial charge in [-0.2, -0.15) is 0 Å². The molecule has 4 heteroatoms. The molecule has 3 aromatic heterocycles. The molecule has 1 aliphatic heterocycles. The van der Waals surface area contributed by atoms with Crippen LogP contribution in [-0.2, 0) is 5.41 Å². The SMILES string of the molecule is c1ccc(-c2ccc3ccc4ccc(-c5ccc(-c6nc7ccccc7c7ccc8c(c67)Oc6ccccc6C86c7ccccc7-c7ccccc76)cc5)nc4c3n2)cc1. The molecule has 0 atom stereocenters. The van der Waals surface area contributed by atoms with Crippen LogP contribution in [-0.4, -0.2) is 15.0 Å². The van der Waals surface area contributed by atoms with Crippen molar-refractivity contribution in [2.24, 2.45) is 0 Å². The highest BCUT2D eigenvalue weighted by molar-refractivity contribution is 6.14. The molecule has 1 spiro atoms. The standard InChI is InChI=1S/C56H33N3O/c1-2-12-34(13-3-1)47-32-28-37-26-27-38-29-33-48(58-54(38)53(37)57-47)35-22-24-36(25-23-35)52-51-42(41-16-6-10-20-49(41)59-52)30-31-46-55(51)60-50-21-11-9-19-45(50)56(46)43-17-7-4-14-39(43)40-15-5-8-18-44(40)56/h1-33H. The number of para-hydroxylation sites is 2. The van der Waals surface area contributed by atoms with Crippen LogP contribution in [0.25, 0.3) is 88.4 Å². The van der Waals surface area contributed by atoms with Gasteiger partial charge in [0.1, 0.15) is 11.5 Å². The molecule has 0 radical (unpaired) electrons. The molecule has 13 rings (SSSR count). The Balaban J connectivity index is 1.01. The Morgan fingerprint density at radius 3 is 1.62 bits per heavy atom. The van der Waals surface area contributed by atoms with Gasteiger partial charge in [0.05, 0.1) is 44.4 Å². The van der Waals surface area contributed by atoms with E-state index in [9.17, 15) is 0 Å². The fourth-order valence-corrected chi connectivity index (χ4v) is 10.1. The van der Waals surface area contributed by atoms with E-state index in [2.05, 4.69) is 182 Å². The average Bonchev–Trinajstić information content (AvgIpc) is 3.61. The van der Waals surface area contributed by atoms with Gasteiger partial charge in [-0.05, 0) is 51.9 Å². The average molecular weight is 764 g/mol. The van der Waals surface area contributed by atoms with E-state index in [0.717, 1.165) is 99.9 Å². The molecule has 278 valence electrons. The molecule has 2 aliphatic rings. The van der Waals surface area contributed by atoms with Crippen LogP contribution in [0, 0.1) is 0 Å². The molecule has 4 heterocycles. The minimum absolute atomic E-state index is 0.568. The number of hydrogen-bond donors (Lipinski definition) is 0. The van der Waals surface area contributed by atoms with Crippen LogP contribution in [0.3, 0.4) is 0 Å².